The maximum absolute atomic E-state index is 12.0. The summed E-state index contributed by atoms with van der Waals surface area (Å²) in [7, 11) is 1.61. The molecule has 6 nitrogen and oxygen atoms in total. The van der Waals surface area contributed by atoms with Gasteiger partial charge in [0.15, 0.2) is 11.5 Å². The van der Waals surface area contributed by atoms with Crippen LogP contribution in [0.5, 0.6) is 11.5 Å². The maximum atomic E-state index is 12.0. The zero-order valence-corrected chi connectivity index (χ0v) is 13.9. The van der Waals surface area contributed by atoms with Crippen molar-refractivity contribution in [3.8, 4) is 11.5 Å². The summed E-state index contributed by atoms with van der Waals surface area (Å²) in [6.45, 7) is 4.60. The number of carbonyl (C=O) groups is 1. The molecule has 1 aromatic rings. The van der Waals surface area contributed by atoms with Gasteiger partial charge in [-0.15, -0.1) is 0 Å². The Bertz CT molecular complexity index is 489. The molecule has 2 rings (SSSR count). The summed E-state index contributed by atoms with van der Waals surface area (Å²) in [5, 5.41) is 4.81. The second-order valence-electron chi connectivity index (χ2n) is 5.65. The van der Waals surface area contributed by atoms with E-state index in [1.54, 1.807) is 7.11 Å². The molecule has 0 bridgehead atoms. The number of nitrogens with zero attached hydrogens (tertiary/aromatic N) is 1. The maximum Gasteiger partial charge on any atom is 0.221 e. The molecule has 0 unspecified atom stereocenters. The van der Waals surface area contributed by atoms with Gasteiger partial charge in [-0.1, -0.05) is 12.1 Å². The van der Waals surface area contributed by atoms with E-state index in [1.165, 1.54) is 0 Å². The van der Waals surface area contributed by atoms with Gasteiger partial charge in [0.25, 0.3) is 0 Å². The molecule has 1 atom stereocenters. The van der Waals surface area contributed by atoms with Gasteiger partial charge in [-0.2, -0.15) is 5.06 Å². The molecule has 1 heterocycles. The normalized spacial score (nSPS) is 16.6. The number of amides is 1. The van der Waals surface area contributed by atoms with Crippen molar-refractivity contribution in [1.29, 1.82) is 0 Å². The largest absolute Gasteiger partial charge is 0.493 e. The van der Waals surface area contributed by atoms with Gasteiger partial charge >= 0.3 is 0 Å². The van der Waals surface area contributed by atoms with Crippen molar-refractivity contribution in [3.63, 3.8) is 0 Å². The Morgan fingerprint density at radius 3 is 2.83 bits per heavy atom. The molecule has 0 aromatic heterocycles. The van der Waals surface area contributed by atoms with Crippen molar-refractivity contribution in [2.45, 2.75) is 32.2 Å². The van der Waals surface area contributed by atoms with Gasteiger partial charge in [0.05, 0.1) is 19.8 Å². The molecular weight excluding hydrogens is 296 g/mol. The zero-order chi connectivity index (χ0) is 16.5. The van der Waals surface area contributed by atoms with E-state index >= 15 is 0 Å². The van der Waals surface area contributed by atoms with Crippen LogP contribution in [-0.2, 0) is 9.63 Å². The second kappa shape index (κ2) is 9.37. The number of carbonyl (C=O) groups excluding carboxylic acids is 1. The summed E-state index contributed by atoms with van der Waals surface area (Å²) in [5.41, 5.74) is 0. The van der Waals surface area contributed by atoms with Crippen LogP contribution in [0.1, 0.15) is 26.2 Å². The highest BCUT2D eigenvalue weighted by Gasteiger charge is 2.14. The standard InChI is InChI=1S/C17H26N2O4/c1-14(13-22-16-8-4-3-7-15(16)21-2)18-17(20)9-11-19-10-5-6-12-23-19/h3-4,7-8,14H,5-6,9-13H2,1-2H3,(H,18,20)/t14-/m1/s1. The fourth-order valence-electron chi connectivity index (χ4n) is 2.39. The Balaban J connectivity index is 1.67. The van der Waals surface area contributed by atoms with Gasteiger partial charge in [-0.05, 0) is 31.9 Å². The third-order valence-corrected chi connectivity index (χ3v) is 3.63. The van der Waals surface area contributed by atoms with Crippen LogP contribution in [0.2, 0.25) is 0 Å². The third kappa shape index (κ3) is 6.08. The first-order valence-electron chi connectivity index (χ1n) is 8.12. The molecule has 23 heavy (non-hydrogen) atoms. The molecule has 0 aliphatic carbocycles. The fourth-order valence-corrected chi connectivity index (χ4v) is 2.39. The highest BCUT2D eigenvalue weighted by Crippen LogP contribution is 2.25. The molecule has 1 aliphatic rings. The minimum Gasteiger partial charge on any atom is -0.493 e. The monoisotopic (exact) mass is 322 g/mol. The Morgan fingerprint density at radius 2 is 2.13 bits per heavy atom. The molecule has 1 N–H and O–H groups in total. The van der Waals surface area contributed by atoms with Gasteiger partial charge in [0, 0.05) is 19.5 Å². The quantitative estimate of drug-likeness (QED) is 0.793. The summed E-state index contributed by atoms with van der Waals surface area (Å²) >= 11 is 0. The number of nitrogens with one attached hydrogen (secondary N) is 1. The number of ether oxygens (including phenoxy) is 2. The minimum atomic E-state index is -0.0744. The Hall–Kier alpha value is -1.79. The second-order valence-corrected chi connectivity index (χ2v) is 5.65. The number of para-hydroxylation sites is 2. The van der Waals surface area contributed by atoms with Crippen molar-refractivity contribution in [2.24, 2.45) is 0 Å². The number of methoxy groups -OCH3 is 1. The number of benzene rings is 1. The SMILES string of the molecule is COc1ccccc1OC[C@@H](C)NC(=O)CCN1CCCCO1. The summed E-state index contributed by atoms with van der Waals surface area (Å²) in [5.74, 6) is 1.38. The summed E-state index contributed by atoms with van der Waals surface area (Å²) < 4.78 is 10.9. The van der Waals surface area contributed by atoms with Gasteiger partial charge < -0.3 is 14.8 Å². The van der Waals surface area contributed by atoms with Crippen molar-refractivity contribution in [2.75, 3.05) is 33.4 Å². The van der Waals surface area contributed by atoms with Gasteiger partial charge in [-0.3, -0.25) is 9.63 Å². The molecule has 1 saturated heterocycles. The smallest absolute Gasteiger partial charge is 0.221 e. The minimum absolute atomic E-state index is 0.00954. The lowest BCUT2D eigenvalue weighted by atomic mass is 10.2. The van der Waals surface area contributed by atoms with E-state index < -0.39 is 0 Å². The van der Waals surface area contributed by atoms with E-state index in [2.05, 4.69) is 5.32 Å². The summed E-state index contributed by atoms with van der Waals surface area (Å²) in [6, 6.07) is 7.40. The van der Waals surface area contributed by atoms with Crippen LogP contribution in [-0.4, -0.2) is 50.4 Å². The molecule has 128 valence electrons. The Kier molecular flexibility index (Phi) is 7.16. The van der Waals surface area contributed by atoms with Crippen LogP contribution in [0.15, 0.2) is 24.3 Å². The molecule has 1 aromatic carbocycles. The molecule has 0 spiro atoms. The zero-order valence-electron chi connectivity index (χ0n) is 13.9. The first-order chi connectivity index (χ1) is 11.2. The van der Waals surface area contributed by atoms with Crippen LogP contribution >= 0.6 is 0 Å². The van der Waals surface area contributed by atoms with Crippen molar-refractivity contribution >= 4 is 5.91 Å². The third-order valence-electron chi connectivity index (χ3n) is 3.63. The number of rotatable bonds is 8. The van der Waals surface area contributed by atoms with E-state index in [0.717, 1.165) is 26.0 Å². The highest BCUT2D eigenvalue weighted by atomic mass is 16.7. The van der Waals surface area contributed by atoms with Crippen LogP contribution < -0.4 is 14.8 Å². The fraction of sp³-hybridized carbons (Fsp3) is 0.588. The van der Waals surface area contributed by atoms with Gasteiger partial charge in [-0.25, -0.2) is 0 Å². The van der Waals surface area contributed by atoms with Crippen molar-refractivity contribution < 1.29 is 19.1 Å². The summed E-state index contributed by atoms with van der Waals surface area (Å²) in [4.78, 5) is 17.4. The molecule has 1 amide bonds. The topological polar surface area (TPSA) is 60.0 Å². The lowest BCUT2D eigenvalue weighted by Crippen LogP contribution is -2.39. The lowest BCUT2D eigenvalue weighted by Gasteiger charge is -2.25. The highest BCUT2D eigenvalue weighted by molar-refractivity contribution is 5.76. The molecule has 1 aliphatic heterocycles. The number of hydrogen-bond donors (Lipinski definition) is 1. The van der Waals surface area contributed by atoms with Crippen molar-refractivity contribution in [3.05, 3.63) is 24.3 Å². The molecular formula is C17H26N2O4. The van der Waals surface area contributed by atoms with E-state index in [-0.39, 0.29) is 11.9 Å². The Labute approximate surface area is 137 Å². The van der Waals surface area contributed by atoms with E-state index in [4.69, 9.17) is 14.3 Å². The van der Waals surface area contributed by atoms with Gasteiger partial charge in [0.2, 0.25) is 5.91 Å². The van der Waals surface area contributed by atoms with E-state index in [0.29, 0.717) is 31.1 Å². The lowest BCUT2D eigenvalue weighted by molar-refractivity contribution is -0.181. The van der Waals surface area contributed by atoms with Gasteiger partial charge in [0.1, 0.15) is 6.61 Å². The first-order valence-corrected chi connectivity index (χ1v) is 8.12. The molecule has 1 fully saturated rings. The van der Waals surface area contributed by atoms with E-state index in [1.807, 2.05) is 36.3 Å². The summed E-state index contributed by atoms with van der Waals surface area (Å²) in [6.07, 6.45) is 2.66. The molecule has 6 heteroatoms. The number of hydrogen-bond acceptors (Lipinski definition) is 5. The predicted molar refractivity (Wildman–Crippen MR) is 87.5 cm³/mol. The van der Waals surface area contributed by atoms with Crippen LogP contribution in [0.3, 0.4) is 0 Å². The first kappa shape index (κ1) is 17.6. The Morgan fingerprint density at radius 1 is 1.35 bits per heavy atom. The molecule has 0 radical (unpaired) electrons. The van der Waals surface area contributed by atoms with Crippen LogP contribution in [0.4, 0.5) is 0 Å². The average Bonchev–Trinajstić information content (AvgIpc) is 2.59. The van der Waals surface area contributed by atoms with Crippen LogP contribution in [0, 0.1) is 0 Å². The van der Waals surface area contributed by atoms with E-state index in [9.17, 15) is 4.79 Å². The van der Waals surface area contributed by atoms with Crippen LogP contribution in [0.25, 0.3) is 0 Å². The van der Waals surface area contributed by atoms with Crippen molar-refractivity contribution in [1.82, 2.24) is 10.4 Å². The average molecular weight is 322 g/mol. The predicted octanol–water partition coefficient (Wildman–Crippen LogP) is 2.00. The number of hydroxylamine groups is 2. The molecule has 0 saturated carbocycles.